The first-order valence-corrected chi connectivity index (χ1v) is 13.1. The van der Waals surface area contributed by atoms with Crippen LogP contribution in [0.4, 0.5) is 10.6 Å². The summed E-state index contributed by atoms with van der Waals surface area (Å²) in [6.45, 7) is 7.91. The van der Waals surface area contributed by atoms with Crippen molar-refractivity contribution in [1.82, 2.24) is 24.8 Å². The average Bonchev–Trinajstić information content (AvgIpc) is 3.26. The largest absolute Gasteiger partial charge is 0.378 e. The van der Waals surface area contributed by atoms with E-state index < -0.39 is 0 Å². The number of fused-ring (bicyclic) bond motifs is 3. The van der Waals surface area contributed by atoms with Crippen molar-refractivity contribution in [3.63, 3.8) is 0 Å². The van der Waals surface area contributed by atoms with Gasteiger partial charge in [-0.2, -0.15) is 0 Å². The van der Waals surface area contributed by atoms with E-state index in [2.05, 4.69) is 16.8 Å². The second kappa shape index (κ2) is 9.11. The van der Waals surface area contributed by atoms with E-state index in [-0.39, 0.29) is 6.03 Å². The van der Waals surface area contributed by atoms with Gasteiger partial charge in [0.25, 0.3) is 0 Å². The van der Waals surface area contributed by atoms with Crippen LogP contribution in [-0.4, -0.2) is 83.3 Å². The fourth-order valence-electron chi connectivity index (χ4n) is 5.24. The number of carbonyl (C=O) groups excluding carboxylic acids is 1. The summed E-state index contributed by atoms with van der Waals surface area (Å²) < 4.78 is 5.41. The normalized spacial score (nSPS) is 21.1. The molecule has 34 heavy (non-hydrogen) atoms. The Hall–Kier alpha value is -2.78. The van der Waals surface area contributed by atoms with E-state index in [4.69, 9.17) is 14.7 Å². The summed E-state index contributed by atoms with van der Waals surface area (Å²) in [5.41, 5.74) is 2.38. The van der Waals surface area contributed by atoms with Crippen molar-refractivity contribution >= 4 is 33.4 Å². The molecule has 6 rings (SSSR count). The Balaban J connectivity index is 1.32. The zero-order chi connectivity index (χ0) is 23.1. The minimum Gasteiger partial charge on any atom is -0.378 e. The van der Waals surface area contributed by atoms with Gasteiger partial charge >= 0.3 is 6.03 Å². The Morgan fingerprint density at radius 3 is 2.65 bits per heavy atom. The topological polar surface area (TPSA) is 74.7 Å². The number of pyridine rings is 1. The SMILES string of the molecule is C[C@H]1CCc2c(sc3nc(-c4cccnc4)nc(N4CCN(C(=O)N5CCOCC5)CC4)c23)C1. The van der Waals surface area contributed by atoms with Crippen LogP contribution in [0.1, 0.15) is 23.8 Å². The first-order valence-electron chi connectivity index (χ1n) is 12.3. The number of aromatic nitrogens is 3. The highest BCUT2D eigenvalue weighted by Gasteiger charge is 2.30. The number of morpholine rings is 1. The third-order valence-corrected chi connectivity index (χ3v) is 8.34. The van der Waals surface area contributed by atoms with E-state index in [1.807, 2.05) is 39.5 Å². The molecule has 3 aliphatic rings. The Morgan fingerprint density at radius 1 is 1.09 bits per heavy atom. The van der Waals surface area contributed by atoms with Crippen molar-refractivity contribution in [3.05, 3.63) is 35.0 Å². The number of hydrogen-bond donors (Lipinski definition) is 0. The van der Waals surface area contributed by atoms with E-state index in [0.717, 1.165) is 48.0 Å². The number of piperazine rings is 1. The molecule has 178 valence electrons. The van der Waals surface area contributed by atoms with Gasteiger partial charge in [0.1, 0.15) is 10.6 Å². The van der Waals surface area contributed by atoms with Crippen molar-refractivity contribution in [2.45, 2.75) is 26.2 Å². The molecule has 0 radical (unpaired) electrons. The van der Waals surface area contributed by atoms with Gasteiger partial charge in [-0.05, 0) is 42.9 Å². The van der Waals surface area contributed by atoms with E-state index in [0.29, 0.717) is 45.3 Å². The molecule has 0 saturated carbocycles. The van der Waals surface area contributed by atoms with Crippen molar-refractivity contribution in [3.8, 4) is 11.4 Å². The average molecular weight is 479 g/mol. The maximum absolute atomic E-state index is 13.0. The first kappa shape index (κ1) is 21.7. The Labute approximate surface area is 203 Å². The Kier molecular flexibility index (Phi) is 5.82. The zero-order valence-electron chi connectivity index (χ0n) is 19.6. The molecule has 0 unspecified atom stereocenters. The summed E-state index contributed by atoms with van der Waals surface area (Å²) in [5.74, 6) is 2.47. The number of aryl methyl sites for hydroxylation is 1. The van der Waals surface area contributed by atoms with E-state index in [1.165, 1.54) is 22.2 Å². The second-order valence-electron chi connectivity index (χ2n) is 9.50. The number of urea groups is 1. The molecule has 5 heterocycles. The number of carbonyl (C=O) groups is 1. The predicted molar refractivity (Wildman–Crippen MR) is 133 cm³/mol. The molecule has 0 N–H and O–H groups in total. The molecule has 3 aromatic rings. The fraction of sp³-hybridized carbons (Fsp3) is 0.520. The Bertz CT molecular complexity index is 1190. The van der Waals surface area contributed by atoms with Crippen LogP contribution in [0.3, 0.4) is 0 Å². The van der Waals surface area contributed by atoms with Crippen molar-refractivity contribution in [2.75, 3.05) is 57.4 Å². The van der Waals surface area contributed by atoms with Gasteiger partial charge in [-0.15, -0.1) is 11.3 Å². The zero-order valence-corrected chi connectivity index (χ0v) is 20.4. The highest BCUT2D eigenvalue weighted by atomic mass is 32.1. The van der Waals surface area contributed by atoms with Crippen LogP contribution in [0.25, 0.3) is 21.6 Å². The quantitative estimate of drug-likeness (QED) is 0.562. The maximum Gasteiger partial charge on any atom is 0.320 e. The number of thiophene rings is 1. The lowest BCUT2D eigenvalue weighted by Gasteiger charge is -2.39. The van der Waals surface area contributed by atoms with Crippen LogP contribution in [0.15, 0.2) is 24.5 Å². The lowest BCUT2D eigenvalue weighted by atomic mass is 9.89. The van der Waals surface area contributed by atoms with Crippen LogP contribution in [0.2, 0.25) is 0 Å². The van der Waals surface area contributed by atoms with Gasteiger partial charge in [-0.3, -0.25) is 4.98 Å². The smallest absolute Gasteiger partial charge is 0.320 e. The number of anilines is 1. The summed E-state index contributed by atoms with van der Waals surface area (Å²) in [6, 6.07) is 4.08. The molecule has 2 amide bonds. The molecule has 0 spiro atoms. The van der Waals surface area contributed by atoms with E-state index in [9.17, 15) is 4.79 Å². The van der Waals surface area contributed by atoms with Gasteiger partial charge in [0.2, 0.25) is 0 Å². The van der Waals surface area contributed by atoms with E-state index in [1.54, 1.807) is 6.20 Å². The third-order valence-electron chi connectivity index (χ3n) is 7.19. The van der Waals surface area contributed by atoms with Gasteiger partial charge in [0.05, 0.1) is 18.6 Å². The summed E-state index contributed by atoms with van der Waals surface area (Å²) in [6.07, 6.45) is 7.04. The molecule has 1 atom stereocenters. The second-order valence-corrected chi connectivity index (χ2v) is 10.6. The lowest BCUT2D eigenvalue weighted by molar-refractivity contribution is 0.0428. The van der Waals surface area contributed by atoms with Gasteiger partial charge < -0.3 is 19.4 Å². The molecule has 2 aliphatic heterocycles. The molecule has 3 aromatic heterocycles. The monoisotopic (exact) mass is 478 g/mol. The number of nitrogens with zero attached hydrogens (tertiary/aromatic N) is 6. The molecule has 1 aliphatic carbocycles. The van der Waals surface area contributed by atoms with Gasteiger partial charge in [0, 0.05) is 62.1 Å². The standard InChI is InChI=1S/C25H30N6O2S/c1-17-4-5-19-20(15-17)34-24-21(19)23(27-22(28-24)18-3-2-6-26-16-18)29-7-9-30(10-8-29)25(32)31-11-13-33-14-12-31/h2-3,6,16-17H,4-5,7-15H2,1H3/t17-/m0/s1. The van der Waals surface area contributed by atoms with Crippen molar-refractivity contribution in [2.24, 2.45) is 5.92 Å². The summed E-state index contributed by atoms with van der Waals surface area (Å²) in [4.78, 5) is 36.2. The Morgan fingerprint density at radius 2 is 1.88 bits per heavy atom. The first-order chi connectivity index (χ1) is 16.7. The van der Waals surface area contributed by atoms with Crippen LogP contribution in [-0.2, 0) is 17.6 Å². The molecule has 2 saturated heterocycles. The van der Waals surface area contributed by atoms with Gasteiger partial charge in [-0.25, -0.2) is 14.8 Å². The number of ether oxygens (including phenoxy) is 1. The van der Waals surface area contributed by atoms with Crippen LogP contribution < -0.4 is 4.90 Å². The summed E-state index contributed by atoms with van der Waals surface area (Å²) in [5, 5.41) is 1.23. The third kappa shape index (κ3) is 4.01. The summed E-state index contributed by atoms with van der Waals surface area (Å²) in [7, 11) is 0. The molecular weight excluding hydrogens is 448 g/mol. The molecular formula is C25H30N6O2S. The molecule has 8 nitrogen and oxygen atoms in total. The predicted octanol–water partition coefficient (Wildman–Crippen LogP) is 3.45. The van der Waals surface area contributed by atoms with Crippen molar-refractivity contribution in [1.29, 1.82) is 0 Å². The van der Waals surface area contributed by atoms with Crippen LogP contribution >= 0.6 is 11.3 Å². The molecule has 0 bridgehead atoms. The minimum atomic E-state index is 0.133. The minimum absolute atomic E-state index is 0.133. The highest BCUT2D eigenvalue weighted by Crippen LogP contribution is 2.42. The molecule has 0 aromatic carbocycles. The highest BCUT2D eigenvalue weighted by molar-refractivity contribution is 7.19. The maximum atomic E-state index is 13.0. The van der Waals surface area contributed by atoms with Crippen molar-refractivity contribution < 1.29 is 9.53 Å². The number of hydrogen-bond acceptors (Lipinski definition) is 7. The lowest BCUT2D eigenvalue weighted by Crippen LogP contribution is -2.55. The van der Waals surface area contributed by atoms with Gasteiger partial charge in [-0.1, -0.05) is 6.92 Å². The van der Waals surface area contributed by atoms with Crippen LogP contribution in [0.5, 0.6) is 0 Å². The molecule has 2 fully saturated rings. The number of amides is 2. The van der Waals surface area contributed by atoms with Crippen LogP contribution in [0, 0.1) is 5.92 Å². The summed E-state index contributed by atoms with van der Waals surface area (Å²) >= 11 is 1.83. The van der Waals surface area contributed by atoms with Gasteiger partial charge in [0.15, 0.2) is 5.82 Å². The van der Waals surface area contributed by atoms with E-state index >= 15 is 0 Å². The number of rotatable bonds is 2. The molecule has 9 heteroatoms. The fourth-order valence-corrected chi connectivity index (χ4v) is 6.62.